The molecular formula is C14H18BrN3O. The van der Waals surface area contributed by atoms with Crippen molar-refractivity contribution in [3.05, 3.63) is 39.9 Å². The van der Waals surface area contributed by atoms with Crippen LogP contribution < -0.4 is 16.4 Å². The number of amides is 1. The predicted molar refractivity (Wildman–Crippen MR) is 81.3 cm³/mol. The van der Waals surface area contributed by atoms with Gasteiger partial charge in [-0.25, -0.2) is 0 Å². The fourth-order valence-corrected chi connectivity index (χ4v) is 2.59. The molecule has 1 aromatic rings. The molecule has 1 amide bonds. The lowest BCUT2D eigenvalue weighted by atomic mass is 10.1. The number of carbonyl (C=O) groups excluding carboxylic acids is 1. The highest BCUT2D eigenvalue weighted by Crippen LogP contribution is 2.23. The maximum Gasteiger partial charge on any atom is 0.248 e. The molecule has 2 rings (SSSR count). The van der Waals surface area contributed by atoms with Crippen LogP contribution >= 0.6 is 15.9 Å². The molecule has 1 aromatic carbocycles. The van der Waals surface area contributed by atoms with Crippen molar-refractivity contribution in [2.45, 2.75) is 12.8 Å². The third-order valence-corrected chi connectivity index (χ3v) is 3.83. The van der Waals surface area contributed by atoms with Crippen molar-refractivity contribution in [3.8, 4) is 0 Å². The number of halogens is 1. The standard InChI is InChI=1S/C14H18BrN3O/c15-12-9-11(14(16)19)1-2-13(12)18-8-5-10-3-6-17-7-4-10/h1-3,9,17-18H,4-8H2,(H2,16,19). The first-order valence-electron chi connectivity index (χ1n) is 6.38. The summed E-state index contributed by atoms with van der Waals surface area (Å²) in [6.07, 6.45) is 4.44. The van der Waals surface area contributed by atoms with Gasteiger partial charge in [0.05, 0.1) is 0 Å². The molecule has 0 saturated heterocycles. The highest BCUT2D eigenvalue weighted by atomic mass is 79.9. The summed E-state index contributed by atoms with van der Waals surface area (Å²) in [5.41, 5.74) is 8.23. The van der Waals surface area contributed by atoms with Gasteiger partial charge in [0.1, 0.15) is 0 Å². The van der Waals surface area contributed by atoms with Crippen LogP contribution in [0, 0.1) is 0 Å². The van der Waals surface area contributed by atoms with E-state index in [1.54, 1.807) is 12.1 Å². The van der Waals surface area contributed by atoms with Gasteiger partial charge in [-0.1, -0.05) is 11.6 Å². The van der Waals surface area contributed by atoms with Crippen LogP contribution in [-0.4, -0.2) is 25.5 Å². The highest BCUT2D eigenvalue weighted by molar-refractivity contribution is 9.10. The highest BCUT2D eigenvalue weighted by Gasteiger charge is 2.06. The Morgan fingerprint density at radius 1 is 1.47 bits per heavy atom. The fraction of sp³-hybridized carbons (Fsp3) is 0.357. The summed E-state index contributed by atoms with van der Waals surface area (Å²) in [7, 11) is 0. The van der Waals surface area contributed by atoms with Gasteiger partial charge in [0.25, 0.3) is 0 Å². The largest absolute Gasteiger partial charge is 0.384 e. The van der Waals surface area contributed by atoms with Gasteiger partial charge < -0.3 is 16.4 Å². The van der Waals surface area contributed by atoms with Crippen LogP contribution in [0.3, 0.4) is 0 Å². The minimum Gasteiger partial charge on any atom is -0.384 e. The van der Waals surface area contributed by atoms with Crippen molar-refractivity contribution in [1.82, 2.24) is 5.32 Å². The zero-order chi connectivity index (χ0) is 13.7. The fourth-order valence-electron chi connectivity index (χ4n) is 2.07. The summed E-state index contributed by atoms with van der Waals surface area (Å²) in [4.78, 5) is 11.1. The van der Waals surface area contributed by atoms with Gasteiger partial charge in [-0.15, -0.1) is 0 Å². The lowest BCUT2D eigenvalue weighted by Gasteiger charge is -2.15. The second-order valence-corrected chi connectivity index (χ2v) is 5.41. The van der Waals surface area contributed by atoms with Gasteiger partial charge in [0.15, 0.2) is 0 Å². The molecule has 0 bridgehead atoms. The molecule has 0 fully saturated rings. The number of rotatable bonds is 5. The van der Waals surface area contributed by atoms with E-state index in [0.29, 0.717) is 5.56 Å². The molecule has 0 unspecified atom stereocenters. The van der Waals surface area contributed by atoms with E-state index in [1.165, 1.54) is 5.57 Å². The average Bonchev–Trinajstić information content (AvgIpc) is 2.41. The van der Waals surface area contributed by atoms with Gasteiger partial charge in [-0.3, -0.25) is 4.79 Å². The molecule has 19 heavy (non-hydrogen) atoms. The van der Waals surface area contributed by atoms with E-state index in [2.05, 4.69) is 32.6 Å². The quantitative estimate of drug-likeness (QED) is 0.728. The lowest BCUT2D eigenvalue weighted by molar-refractivity contribution is 0.100. The summed E-state index contributed by atoms with van der Waals surface area (Å²) in [6, 6.07) is 5.36. The van der Waals surface area contributed by atoms with Crippen LogP contribution in [-0.2, 0) is 0 Å². The van der Waals surface area contributed by atoms with E-state index in [4.69, 9.17) is 5.73 Å². The smallest absolute Gasteiger partial charge is 0.248 e. The maximum atomic E-state index is 11.1. The molecule has 0 spiro atoms. The molecule has 5 heteroatoms. The predicted octanol–water partition coefficient (Wildman–Crippen LogP) is 2.27. The zero-order valence-electron chi connectivity index (χ0n) is 10.7. The topological polar surface area (TPSA) is 67.2 Å². The van der Waals surface area contributed by atoms with E-state index in [0.717, 1.165) is 42.6 Å². The van der Waals surface area contributed by atoms with Crippen LogP contribution in [0.1, 0.15) is 23.2 Å². The Balaban J connectivity index is 1.89. The Morgan fingerprint density at radius 2 is 2.32 bits per heavy atom. The Labute approximate surface area is 121 Å². The van der Waals surface area contributed by atoms with E-state index < -0.39 is 5.91 Å². The average molecular weight is 324 g/mol. The first-order valence-corrected chi connectivity index (χ1v) is 7.18. The van der Waals surface area contributed by atoms with Crippen LogP contribution in [0.5, 0.6) is 0 Å². The Bertz CT molecular complexity index is 499. The van der Waals surface area contributed by atoms with Crippen molar-refractivity contribution in [2.75, 3.05) is 25.0 Å². The Kier molecular flexibility index (Phi) is 4.99. The molecule has 0 aromatic heterocycles. The molecule has 1 aliphatic rings. The first-order chi connectivity index (χ1) is 9.16. The molecule has 1 heterocycles. The van der Waals surface area contributed by atoms with Gasteiger partial charge in [0.2, 0.25) is 5.91 Å². The summed E-state index contributed by atoms with van der Waals surface area (Å²) < 4.78 is 0.864. The molecule has 0 saturated carbocycles. The van der Waals surface area contributed by atoms with Gasteiger partial charge in [-0.2, -0.15) is 0 Å². The number of anilines is 1. The van der Waals surface area contributed by atoms with E-state index >= 15 is 0 Å². The van der Waals surface area contributed by atoms with Gasteiger partial charge in [0, 0.05) is 28.8 Å². The lowest BCUT2D eigenvalue weighted by Crippen LogP contribution is -2.21. The normalized spacial score (nSPS) is 14.9. The van der Waals surface area contributed by atoms with Crippen molar-refractivity contribution in [2.24, 2.45) is 5.73 Å². The maximum absolute atomic E-state index is 11.1. The number of carbonyl (C=O) groups is 1. The third kappa shape index (κ3) is 4.08. The molecule has 0 radical (unpaired) electrons. The SMILES string of the molecule is NC(=O)c1ccc(NCCC2=CCNCC2)c(Br)c1. The minimum atomic E-state index is -0.410. The van der Waals surface area contributed by atoms with E-state index in [1.807, 2.05) is 6.07 Å². The molecule has 0 aliphatic carbocycles. The molecule has 4 nitrogen and oxygen atoms in total. The van der Waals surface area contributed by atoms with Crippen LogP contribution in [0.15, 0.2) is 34.3 Å². The molecular weight excluding hydrogens is 306 g/mol. The third-order valence-electron chi connectivity index (χ3n) is 3.17. The number of hydrogen-bond donors (Lipinski definition) is 3. The van der Waals surface area contributed by atoms with Gasteiger partial charge in [-0.05, 0) is 53.5 Å². The van der Waals surface area contributed by atoms with E-state index in [9.17, 15) is 4.79 Å². The zero-order valence-corrected chi connectivity index (χ0v) is 12.3. The van der Waals surface area contributed by atoms with Crippen LogP contribution in [0.25, 0.3) is 0 Å². The van der Waals surface area contributed by atoms with Crippen molar-refractivity contribution in [1.29, 1.82) is 0 Å². The number of nitrogens with two attached hydrogens (primary N) is 1. The summed E-state index contributed by atoms with van der Waals surface area (Å²) in [5, 5.41) is 6.67. The molecule has 102 valence electrons. The Hall–Kier alpha value is -1.33. The molecule has 1 aliphatic heterocycles. The van der Waals surface area contributed by atoms with Crippen LogP contribution in [0.4, 0.5) is 5.69 Å². The summed E-state index contributed by atoms with van der Waals surface area (Å²) in [5.74, 6) is -0.410. The van der Waals surface area contributed by atoms with Crippen molar-refractivity contribution < 1.29 is 4.79 Å². The summed E-state index contributed by atoms with van der Waals surface area (Å²) >= 11 is 3.45. The van der Waals surface area contributed by atoms with Crippen LogP contribution in [0.2, 0.25) is 0 Å². The minimum absolute atomic E-state index is 0.410. The summed E-state index contributed by atoms with van der Waals surface area (Å²) in [6.45, 7) is 2.94. The monoisotopic (exact) mass is 323 g/mol. The van der Waals surface area contributed by atoms with E-state index in [-0.39, 0.29) is 0 Å². The van der Waals surface area contributed by atoms with Gasteiger partial charge >= 0.3 is 0 Å². The number of primary amides is 1. The Morgan fingerprint density at radius 3 is 2.95 bits per heavy atom. The number of benzene rings is 1. The number of hydrogen-bond acceptors (Lipinski definition) is 3. The molecule has 4 N–H and O–H groups in total. The molecule has 0 atom stereocenters. The number of nitrogens with one attached hydrogen (secondary N) is 2. The second kappa shape index (κ2) is 6.73. The second-order valence-electron chi connectivity index (χ2n) is 4.55. The first kappa shape index (κ1) is 14.1. The van der Waals surface area contributed by atoms with Crippen molar-refractivity contribution in [3.63, 3.8) is 0 Å². The van der Waals surface area contributed by atoms with Crippen molar-refractivity contribution >= 4 is 27.5 Å².